The van der Waals surface area contributed by atoms with Gasteiger partial charge in [0.1, 0.15) is 5.82 Å². The van der Waals surface area contributed by atoms with Crippen LogP contribution in [-0.2, 0) is 15.3 Å². The van der Waals surface area contributed by atoms with E-state index in [1.165, 1.54) is 12.1 Å². The summed E-state index contributed by atoms with van der Waals surface area (Å²) >= 11 is 0. The van der Waals surface area contributed by atoms with E-state index in [1.807, 2.05) is 0 Å². The van der Waals surface area contributed by atoms with Crippen LogP contribution in [0.3, 0.4) is 0 Å². The molecule has 4 heteroatoms. The minimum Gasteiger partial charge on any atom is -0.349 e. The summed E-state index contributed by atoms with van der Waals surface area (Å²) in [7, 11) is 3.15. The smallest absolute Gasteiger partial charge is 0.194 e. The second-order valence-electron chi connectivity index (χ2n) is 3.56. The Kier molecular flexibility index (Phi) is 4.86. The number of methoxy groups -OCH3 is 2. The minimum atomic E-state index is -0.826. The van der Waals surface area contributed by atoms with Crippen LogP contribution >= 0.6 is 0 Å². The van der Waals surface area contributed by atoms with Crippen LogP contribution in [0.1, 0.15) is 18.4 Å². The third-order valence-corrected chi connectivity index (χ3v) is 2.65. The van der Waals surface area contributed by atoms with Crippen LogP contribution in [0.4, 0.5) is 4.39 Å². The van der Waals surface area contributed by atoms with Crippen molar-refractivity contribution in [3.05, 3.63) is 35.6 Å². The van der Waals surface area contributed by atoms with E-state index in [4.69, 9.17) is 15.2 Å². The van der Waals surface area contributed by atoms with E-state index in [2.05, 4.69) is 0 Å². The standard InChI is InChI=1S/C12H18FNO2/c1-15-12(16-2,8-3-9-14)10-4-6-11(13)7-5-10/h4-7H,3,8-9,14H2,1-2H3. The molecule has 90 valence electrons. The largest absolute Gasteiger partial charge is 0.349 e. The summed E-state index contributed by atoms with van der Waals surface area (Å²) in [5.41, 5.74) is 6.27. The molecule has 2 N–H and O–H groups in total. The quantitative estimate of drug-likeness (QED) is 0.756. The van der Waals surface area contributed by atoms with Gasteiger partial charge in [0, 0.05) is 26.2 Å². The number of rotatable bonds is 6. The number of hydrogen-bond acceptors (Lipinski definition) is 3. The maximum atomic E-state index is 12.8. The fourth-order valence-corrected chi connectivity index (χ4v) is 1.71. The second-order valence-corrected chi connectivity index (χ2v) is 3.56. The summed E-state index contributed by atoms with van der Waals surface area (Å²) in [6.07, 6.45) is 1.42. The van der Waals surface area contributed by atoms with Crippen LogP contribution in [0.25, 0.3) is 0 Å². The lowest BCUT2D eigenvalue weighted by molar-refractivity contribution is -0.220. The summed E-state index contributed by atoms with van der Waals surface area (Å²) < 4.78 is 23.7. The lowest BCUT2D eigenvalue weighted by Gasteiger charge is -2.31. The van der Waals surface area contributed by atoms with Gasteiger partial charge in [-0.05, 0) is 25.1 Å². The molecule has 0 amide bonds. The molecule has 0 unspecified atom stereocenters. The van der Waals surface area contributed by atoms with Crippen LogP contribution in [0.15, 0.2) is 24.3 Å². The Hall–Kier alpha value is -0.970. The highest BCUT2D eigenvalue weighted by atomic mass is 19.1. The first-order valence-electron chi connectivity index (χ1n) is 5.25. The molecule has 16 heavy (non-hydrogen) atoms. The third kappa shape index (κ3) is 2.78. The van der Waals surface area contributed by atoms with Gasteiger partial charge in [0.15, 0.2) is 5.79 Å². The second kappa shape index (κ2) is 5.94. The van der Waals surface area contributed by atoms with Gasteiger partial charge in [0.05, 0.1) is 0 Å². The molecule has 0 bridgehead atoms. The summed E-state index contributed by atoms with van der Waals surface area (Å²) in [6, 6.07) is 6.12. The van der Waals surface area contributed by atoms with Gasteiger partial charge in [-0.25, -0.2) is 4.39 Å². The molecule has 0 aliphatic heterocycles. The Morgan fingerprint density at radius 3 is 2.19 bits per heavy atom. The van der Waals surface area contributed by atoms with Crippen molar-refractivity contribution in [1.29, 1.82) is 0 Å². The van der Waals surface area contributed by atoms with Crippen molar-refractivity contribution in [1.82, 2.24) is 0 Å². The molecule has 0 aromatic heterocycles. The highest BCUT2D eigenvalue weighted by molar-refractivity contribution is 5.21. The predicted octanol–water partition coefficient (Wildman–Crippen LogP) is 2.01. The molecule has 0 atom stereocenters. The van der Waals surface area contributed by atoms with E-state index in [9.17, 15) is 4.39 Å². The fourth-order valence-electron chi connectivity index (χ4n) is 1.71. The Morgan fingerprint density at radius 2 is 1.75 bits per heavy atom. The van der Waals surface area contributed by atoms with Gasteiger partial charge in [-0.15, -0.1) is 0 Å². The van der Waals surface area contributed by atoms with E-state index in [1.54, 1.807) is 26.4 Å². The zero-order valence-corrected chi connectivity index (χ0v) is 9.70. The summed E-state index contributed by atoms with van der Waals surface area (Å²) in [5, 5.41) is 0. The van der Waals surface area contributed by atoms with Gasteiger partial charge in [0.2, 0.25) is 0 Å². The molecule has 0 spiro atoms. The van der Waals surface area contributed by atoms with Crippen molar-refractivity contribution in [3.8, 4) is 0 Å². The number of benzene rings is 1. The molecule has 0 saturated carbocycles. The van der Waals surface area contributed by atoms with Gasteiger partial charge in [-0.2, -0.15) is 0 Å². The molecule has 1 aromatic rings. The Labute approximate surface area is 95.4 Å². The van der Waals surface area contributed by atoms with Crippen LogP contribution in [0, 0.1) is 5.82 Å². The molecule has 0 radical (unpaired) electrons. The van der Waals surface area contributed by atoms with Crippen molar-refractivity contribution in [2.24, 2.45) is 5.73 Å². The van der Waals surface area contributed by atoms with Crippen molar-refractivity contribution in [3.63, 3.8) is 0 Å². The van der Waals surface area contributed by atoms with Gasteiger partial charge in [0.25, 0.3) is 0 Å². The van der Waals surface area contributed by atoms with Gasteiger partial charge >= 0.3 is 0 Å². The Balaban J connectivity index is 2.95. The fraction of sp³-hybridized carbons (Fsp3) is 0.500. The van der Waals surface area contributed by atoms with E-state index in [0.29, 0.717) is 13.0 Å². The molecule has 0 heterocycles. The van der Waals surface area contributed by atoms with Gasteiger partial charge in [-0.1, -0.05) is 12.1 Å². The highest BCUT2D eigenvalue weighted by Gasteiger charge is 2.31. The van der Waals surface area contributed by atoms with E-state index >= 15 is 0 Å². The molecule has 0 aliphatic carbocycles. The molecular weight excluding hydrogens is 209 g/mol. The first-order valence-corrected chi connectivity index (χ1v) is 5.25. The zero-order valence-electron chi connectivity index (χ0n) is 9.70. The normalized spacial score (nSPS) is 11.8. The first kappa shape index (κ1) is 13.1. The van der Waals surface area contributed by atoms with Gasteiger partial charge < -0.3 is 15.2 Å². The molecule has 3 nitrogen and oxygen atoms in total. The van der Waals surface area contributed by atoms with Crippen molar-refractivity contribution in [2.45, 2.75) is 18.6 Å². The average Bonchev–Trinajstić information content (AvgIpc) is 2.33. The maximum absolute atomic E-state index is 12.8. The number of hydrogen-bond donors (Lipinski definition) is 1. The Morgan fingerprint density at radius 1 is 1.19 bits per heavy atom. The summed E-state index contributed by atoms with van der Waals surface area (Å²) in [5.74, 6) is -1.10. The van der Waals surface area contributed by atoms with Crippen molar-refractivity contribution >= 4 is 0 Å². The van der Waals surface area contributed by atoms with Crippen LogP contribution in [0.2, 0.25) is 0 Å². The number of ether oxygens (including phenoxy) is 2. The summed E-state index contributed by atoms with van der Waals surface area (Å²) in [6.45, 7) is 0.565. The predicted molar refractivity (Wildman–Crippen MR) is 60.4 cm³/mol. The Bertz CT molecular complexity index is 309. The summed E-state index contributed by atoms with van der Waals surface area (Å²) in [4.78, 5) is 0. The number of nitrogens with two attached hydrogens (primary N) is 1. The maximum Gasteiger partial charge on any atom is 0.194 e. The number of halogens is 1. The average molecular weight is 227 g/mol. The first-order chi connectivity index (χ1) is 7.68. The van der Waals surface area contributed by atoms with Crippen LogP contribution in [0.5, 0.6) is 0 Å². The lowest BCUT2D eigenvalue weighted by atomic mass is 10.0. The molecule has 0 aliphatic rings. The topological polar surface area (TPSA) is 44.5 Å². The van der Waals surface area contributed by atoms with Crippen molar-refractivity contribution in [2.75, 3.05) is 20.8 Å². The molecule has 0 saturated heterocycles. The minimum absolute atomic E-state index is 0.274. The molecule has 0 fully saturated rings. The third-order valence-electron chi connectivity index (χ3n) is 2.65. The van der Waals surface area contributed by atoms with E-state index in [-0.39, 0.29) is 5.82 Å². The van der Waals surface area contributed by atoms with Crippen LogP contribution in [-0.4, -0.2) is 20.8 Å². The monoisotopic (exact) mass is 227 g/mol. The van der Waals surface area contributed by atoms with E-state index < -0.39 is 5.79 Å². The van der Waals surface area contributed by atoms with Gasteiger partial charge in [-0.3, -0.25) is 0 Å². The zero-order chi connectivity index (χ0) is 12.0. The highest BCUT2D eigenvalue weighted by Crippen LogP contribution is 2.30. The molecule has 1 rings (SSSR count). The SMILES string of the molecule is COC(CCCN)(OC)c1ccc(F)cc1. The van der Waals surface area contributed by atoms with Crippen molar-refractivity contribution < 1.29 is 13.9 Å². The molecule has 1 aromatic carbocycles. The van der Waals surface area contributed by atoms with Crippen LogP contribution < -0.4 is 5.73 Å². The lowest BCUT2D eigenvalue weighted by Crippen LogP contribution is -2.31. The molecular formula is C12H18FNO2. The van der Waals surface area contributed by atoms with E-state index in [0.717, 1.165) is 12.0 Å².